The molecule has 0 heterocycles. The lowest BCUT2D eigenvalue weighted by Crippen LogP contribution is -2.14. The minimum atomic E-state index is -3.81. The Kier molecular flexibility index (Phi) is 5.21. The number of hydrogen-bond acceptors (Lipinski definition) is 6. The molecule has 1 aromatic carbocycles. The van der Waals surface area contributed by atoms with Crippen molar-refractivity contribution in [3.05, 3.63) is 17.7 Å². The summed E-state index contributed by atoms with van der Waals surface area (Å²) in [6.07, 6.45) is 0.236. The molecule has 0 radical (unpaired) electrons. The SMILES string of the molecule is COC(=O)CCSc1cc(N)cc(S(N)(=O)=O)c1C. The third kappa shape index (κ3) is 4.41. The molecule has 1 rings (SSSR count). The highest BCUT2D eigenvalue weighted by Crippen LogP contribution is 2.30. The molecule has 1 aromatic rings. The van der Waals surface area contributed by atoms with E-state index in [1.165, 1.54) is 24.9 Å². The number of anilines is 1. The van der Waals surface area contributed by atoms with Crippen molar-refractivity contribution in [3.8, 4) is 0 Å². The van der Waals surface area contributed by atoms with Gasteiger partial charge in [-0.25, -0.2) is 13.6 Å². The number of sulfonamides is 1. The van der Waals surface area contributed by atoms with Crippen LogP contribution in [0.2, 0.25) is 0 Å². The molecule has 0 aliphatic heterocycles. The number of hydrogen-bond donors (Lipinski definition) is 2. The molecule has 0 bridgehead atoms. The molecule has 0 fully saturated rings. The lowest BCUT2D eigenvalue weighted by molar-refractivity contribution is -0.140. The number of nitrogens with two attached hydrogens (primary N) is 2. The molecule has 0 amide bonds. The molecule has 6 nitrogen and oxygen atoms in total. The van der Waals surface area contributed by atoms with Crippen molar-refractivity contribution >= 4 is 33.4 Å². The van der Waals surface area contributed by atoms with Gasteiger partial charge in [-0.15, -0.1) is 11.8 Å². The van der Waals surface area contributed by atoms with E-state index in [2.05, 4.69) is 4.74 Å². The zero-order valence-electron chi connectivity index (χ0n) is 10.7. The predicted octanol–water partition coefficient (Wildman–Crippen LogP) is 0.880. The maximum atomic E-state index is 11.4. The number of benzene rings is 1. The second kappa shape index (κ2) is 6.27. The Balaban J connectivity index is 2.96. The molecule has 0 atom stereocenters. The fraction of sp³-hybridized carbons (Fsp3) is 0.364. The number of rotatable bonds is 5. The van der Waals surface area contributed by atoms with Crippen molar-refractivity contribution in [3.63, 3.8) is 0 Å². The standard InChI is InChI=1S/C11H16N2O4S2/c1-7-9(18-4-3-11(14)17-2)5-8(12)6-10(7)19(13,15)16/h5-6H,3-4,12H2,1-2H3,(H2,13,15,16). The van der Waals surface area contributed by atoms with Crippen LogP contribution in [-0.2, 0) is 19.6 Å². The molecular formula is C11H16N2O4S2. The summed E-state index contributed by atoms with van der Waals surface area (Å²) >= 11 is 1.33. The van der Waals surface area contributed by atoms with Crippen molar-refractivity contribution in [2.45, 2.75) is 23.1 Å². The second-order valence-corrected chi connectivity index (χ2v) is 6.53. The molecule has 0 aromatic heterocycles. The summed E-state index contributed by atoms with van der Waals surface area (Å²) < 4.78 is 27.4. The van der Waals surface area contributed by atoms with E-state index < -0.39 is 10.0 Å². The average Bonchev–Trinajstić information content (AvgIpc) is 2.31. The number of primary sulfonamides is 1. The number of thioether (sulfide) groups is 1. The van der Waals surface area contributed by atoms with Gasteiger partial charge in [-0.2, -0.15) is 0 Å². The van der Waals surface area contributed by atoms with Gasteiger partial charge < -0.3 is 10.5 Å². The van der Waals surface area contributed by atoms with Gasteiger partial charge in [0.1, 0.15) is 0 Å². The summed E-state index contributed by atoms with van der Waals surface area (Å²) in [5.74, 6) is 0.154. The van der Waals surface area contributed by atoms with Crippen molar-refractivity contribution in [1.29, 1.82) is 0 Å². The number of ether oxygens (including phenoxy) is 1. The Morgan fingerprint density at radius 1 is 1.42 bits per heavy atom. The van der Waals surface area contributed by atoms with Gasteiger partial charge >= 0.3 is 5.97 Å². The van der Waals surface area contributed by atoms with E-state index in [9.17, 15) is 13.2 Å². The lowest BCUT2D eigenvalue weighted by atomic mass is 10.2. The van der Waals surface area contributed by atoms with Crippen LogP contribution in [-0.4, -0.2) is 27.2 Å². The minimum Gasteiger partial charge on any atom is -0.469 e. The van der Waals surface area contributed by atoms with Crippen LogP contribution >= 0.6 is 11.8 Å². The van der Waals surface area contributed by atoms with E-state index in [0.29, 0.717) is 21.9 Å². The maximum Gasteiger partial charge on any atom is 0.306 e. The number of nitrogen functional groups attached to an aromatic ring is 1. The van der Waals surface area contributed by atoms with Crippen LogP contribution in [0.1, 0.15) is 12.0 Å². The highest BCUT2D eigenvalue weighted by atomic mass is 32.2. The lowest BCUT2D eigenvalue weighted by Gasteiger charge is -2.11. The van der Waals surface area contributed by atoms with Crippen LogP contribution in [0.3, 0.4) is 0 Å². The topological polar surface area (TPSA) is 112 Å². The summed E-state index contributed by atoms with van der Waals surface area (Å²) in [5, 5.41) is 5.13. The van der Waals surface area contributed by atoms with Crippen LogP contribution in [0.5, 0.6) is 0 Å². The zero-order chi connectivity index (χ0) is 14.6. The normalized spacial score (nSPS) is 11.3. The predicted molar refractivity (Wildman–Crippen MR) is 74.3 cm³/mol. The largest absolute Gasteiger partial charge is 0.469 e. The molecule has 0 aliphatic rings. The van der Waals surface area contributed by atoms with Gasteiger partial charge in [-0.05, 0) is 24.6 Å². The van der Waals surface area contributed by atoms with E-state index in [4.69, 9.17) is 10.9 Å². The van der Waals surface area contributed by atoms with Crippen molar-refractivity contribution < 1.29 is 17.9 Å². The zero-order valence-corrected chi connectivity index (χ0v) is 12.3. The third-order valence-electron chi connectivity index (χ3n) is 2.43. The van der Waals surface area contributed by atoms with Crippen LogP contribution in [0.4, 0.5) is 5.69 Å². The fourth-order valence-corrected chi connectivity index (χ4v) is 3.41. The molecule has 106 valence electrons. The molecule has 0 saturated carbocycles. The van der Waals surface area contributed by atoms with Gasteiger partial charge in [-0.3, -0.25) is 4.79 Å². The van der Waals surface area contributed by atoms with Crippen LogP contribution < -0.4 is 10.9 Å². The van der Waals surface area contributed by atoms with Gasteiger partial charge in [0.2, 0.25) is 10.0 Å². The Hall–Kier alpha value is -1.25. The van der Waals surface area contributed by atoms with E-state index >= 15 is 0 Å². The van der Waals surface area contributed by atoms with Crippen LogP contribution in [0.15, 0.2) is 21.9 Å². The highest BCUT2D eigenvalue weighted by Gasteiger charge is 2.16. The average molecular weight is 304 g/mol. The van der Waals surface area contributed by atoms with Gasteiger partial charge in [-0.1, -0.05) is 0 Å². The first kappa shape index (κ1) is 15.8. The van der Waals surface area contributed by atoms with Crippen molar-refractivity contribution in [1.82, 2.24) is 0 Å². The number of carbonyl (C=O) groups is 1. The molecule has 0 aliphatic carbocycles. The van der Waals surface area contributed by atoms with Gasteiger partial charge in [0.05, 0.1) is 18.4 Å². The molecule has 0 saturated heterocycles. The molecule has 0 unspecified atom stereocenters. The molecule has 8 heteroatoms. The fourth-order valence-electron chi connectivity index (χ4n) is 1.47. The van der Waals surface area contributed by atoms with Crippen molar-refractivity contribution in [2.24, 2.45) is 5.14 Å². The van der Waals surface area contributed by atoms with Gasteiger partial charge in [0, 0.05) is 16.3 Å². The summed E-state index contributed by atoms with van der Waals surface area (Å²) in [7, 11) is -2.49. The van der Waals surface area contributed by atoms with Gasteiger partial charge in [0.25, 0.3) is 0 Å². The Morgan fingerprint density at radius 2 is 2.05 bits per heavy atom. The summed E-state index contributed by atoms with van der Waals surface area (Å²) in [4.78, 5) is 11.7. The van der Waals surface area contributed by atoms with Crippen LogP contribution in [0.25, 0.3) is 0 Å². The van der Waals surface area contributed by atoms with Crippen molar-refractivity contribution in [2.75, 3.05) is 18.6 Å². The maximum absolute atomic E-state index is 11.4. The Bertz CT molecular complexity index is 585. The number of methoxy groups -OCH3 is 1. The summed E-state index contributed by atoms with van der Waals surface area (Å²) in [5.41, 5.74) is 6.51. The van der Waals surface area contributed by atoms with E-state index in [-0.39, 0.29) is 17.3 Å². The summed E-state index contributed by atoms with van der Waals surface area (Å²) in [6, 6.07) is 2.99. The molecule has 0 spiro atoms. The highest BCUT2D eigenvalue weighted by molar-refractivity contribution is 7.99. The first-order valence-electron chi connectivity index (χ1n) is 5.38. The Morgan fingerprint density at radius 3 is 2.58 bits per heavy atom. The van der Waals surface area contributed by atoms with Crippen LogP contribution in [0, 0.1) is 6.92 Å². The first-order valence-corrected chi connectivity index (χ1v) is 7.91. The first-order chi connectivity index (χ1) is 8.75. The Labute approximate surface area is 116 Å². The number of carbonyl (C=O) groups excluding carboxylic acids is 1. The smallest absolute Gasteiger partial charge is 0.306 e. The quantitative estimate of drug-likeness (QED) is 0.474. The van der Waals surface area contributed by atoms with Gasteiger partial charge in [0.15, 0.2) is 0 Å². The second-order valence-electron chi connectivity index (χ2n) is 3.86. The monoisotopic (exact) mass is 304 g/mol. The summed E-state index contributed by atoms with van der Waals surface area (Å²) in [6.45, 7) is 1.65. The van der Waals surface area contributed by atoms with E-state index in [1.54, 1.807) is 13.0 Å². The molecule has 19 heavy (non-hydrogen) atoms. The molecular weight excluding hydrogens is 288 g/mol. The van der Waals surface area contributed by atoms with E-state index in [0.717, 1.165) is 0 Å². The number of esters is 1. The van der Waals surface area contributed by atoms with E-state index in [1.807, 2.05) is 0 Å². The minimum absolute atomic E-state index is 0.00747. The molecule has 4 N–H and O–H groups in total. The third-order valence-corrected chi connectivity index (χ3v) is 4.61.